The summed E-state index contributed by atoms with van der Waals surface area (Å²) in [7, 11) is 3.16. The number of halogens is 1. The van der Waals surface area contributed by atoms with Crippen LogP contribution in [-0.2, 0) is 19.9 Å². The molecule has 3 aromatic carbocycles. The number of ether oxygens (including phenoxy) is 4. The number of amides is 1. The molecule has 1 amide bonds. The number of nitrogens with one attached hydrogen (secondary N) is 1. The zero-order chi connectivity index (χ0) is 31.4. The summed E-state index contributed by atoms with van der Waals surface area (Å²) in [5.41, 5.74) is 0.176. The zero-order valence-corrected chi connectivity index (χ0v) is 24.7. The Balaban J connectivity index is 1.55. The molecule has 1 fully saturated rings. The maximum absolute atomic E-state index is 15.6. The third kappa shape index (κ3) is 5.94. The summed E-state index contributed by atoms with van der Waals surface area (Å²) >= 11 is 0. The van der Waals surface area contributed by atoms with Crippen molar-refractivity contribution in [3.8, 4) is 11.5 Å². The molecule has 11 heteroatoms. The van der Waals surface area contributed by atoms with E-state index in [1.165, 1.54) is 19.2 Å². The molecule has 1 aliphatic heterocycles. The summed E-state index contributed by atoms with van der Waals surface area (Å²) in [5.74, 6) is 0.916. The highest BCUT2D eigenvalue weighted by Gasteiger charge is 2.50. The second kappa shape index (κ2) is 13.0. The molecule has 0 radical (unpaired) electrons. The van der Waals surface area contributed by atoms with Crippen LogP contribution in [0, 0.1) is 0 Å². The van der Waals surface area contributed by atoms with Gasteiger partial charge in [-0.05, 0) is 53.9 Å². The summed E-state index contributed by atoms with van der Waals surface area (Å²) in [4.78, 5) is 27.9. The van der Waals surface area contributed by atoms with Gasteiger partial charge >= 0.3 is 5.69 Å². The van der Waals surface area contributed by atoms with Gasteiger partial charge in [-0.25, -0.2) is 9.18 Å². The number of benzene rings is 3. The van der Waals surface area contributed by atoms with Crippen LogP contribution in [-0.4, -0.2) is 59.3 Å². The van der Waals surface area contributed by atoms with Crippen molar-refractivity contribution in [3.05, 3.63) is 118 Å². The molecule has 5 atom stereocenters. The first-order valence-corrected chi connectivity index (χ1v) is 14.0. The number of anilines is 1. The first-order chi connectivity index (χ1) is 21.2. The van der Waals surface area contributed by atoms with Crippen molar-refractivity contribution in [1.82, 2.24) is 9.55 Å². The Morgan fingerprint density at radius 3 is 2.00 bits per heavy atom. The maximum atomic E-state index is 15.6. The second-order valence-corrected chi connectivity index (χ2v) is 10.4. The van der Waals surface area contributed by atoms with Gasteiger partial charge in [0, 0.05) is 13.1 Å². The number of hydrogen-bond acceptors (Lipinski definition) is 8. The summed E-state index contributed by atoms with van der Waals surface area (Å²) in [6.45, 7) is 2.97. The highest BCUT2D eigenvalue weighted by molar-refractivity contribution is 5.87. The normalized spacial score (nSPS) is 20.6. The number of alkyl halides is 1. The fourth-order valence-corrected chi connectivity index (χ4v) is 5.50. The van der Waals surface area contributed by atoms with Gasteiger partial charge in [-0.15, -0.1) is 0 Å². The van der Waals surface area contributed by atoms with Crippen molar-refractivity contribution in [2.24, 2.45) is 0 Å². The summed E-state index contributed by atoms with van der Waals surface area (Å²) < 4.78 is 40.3. The lowest BCUT2D eigenvalue weighted by atomic mass is 9.79. The molecule has 0 aliphatic carbocycles. The zero-order valence-electron chi connectivity index (χ0n) is 24.7. The number of carbonyl (C=O) groups is 1. The number of methoxy groups -OCH3 is 2. The van der Waals surface area contributed by atoms with Crippen LogP contribution in [0.15, 0.2) is 95.9 Å². The SMILES string of the molecule is COc1ccc(C(O[C@H](C)[C@H]2O[C@@H](n3ccc(NC(C)=O)nc3=O)[C@H](F)[C@@H]2O)(c2ccccc2)c2ccc(OC)cc2)cc1. The predicted molar refractivity (Wildman–Crippen MR) is 160 cm³/mol. The number of rotatable bonds is 10. The number of aliphatic hydroxyl groups excluding tert-OH is 1. The van der Waals surface area contributed by atoms with Crippen molar-refractivity contribution >= 4 is 11.7 Å². The summed E-state index contributed by atoms with van der Waals surface area (Å²) in [6.07, 6.45) is -5.87. The Labute approximate surface area is 254 Å². The standard InChI is InChI=1S/C33H34FN3O7/c1-20(30-29(39)28(34)31(43-30)37-19-18-27(35-21(2)38)36-32(37)40)44-33(22-8-6-5-7-9-22,23-10-14-25(41-3)15-11-23)24-12-16-26(42-4)17-13-24/h5-20,28-31,39H,1-4H3,(H,35,36,38,40)/t20-,28-,29+,30-,31-/m1/s1. The Morgan fingerprint density at radius 1 is 0.955 bits per heavy atom. The van der Waals surface area contributed by atoms with Gasteiger partial charge in [0.05, 0.1) is 20.3 Å². The third-order valence-corrected chi connectivity index (χ3v) is 7.64. The average molecular weight is 604 g/mol. The number of nitrogens with zero attached hydrogens (tertiary/aromatic N) is 2. The molecular weight excluding hydrogens is 569 g/mol. The Bertz CT molecular complexity index is 1580. The number of aliphatic hydroxyl groups is 1. The molecule has 1 aliphatic rings. The molecule has 1 aromatic heterocycles. The van der Waals surface area contributed by atoms with Crippen LogP contribution in [0.3, 0.4) is 0 Å². The van der Waals surface area contributed by atoms with Crippen molar-refractivity contribution in [1.29, 1.82) is 0 Å². The minimum absolute atomic E-state index is 0.0209. The van der Waals surface area contributed by atoms with Crippen LogP contribution in [0.1, 0.15) is 36.8 Å². The largest absolute Gasteiger partial charge is 0.497 e. The molecule has 0 saturated carbocycles. The van der Waals surface area contributed by atoms with Gasteiger partial charge < -0.3 is 29.4 Å². The number of carbonyl (C=O) groups excluding carboxylic acids is 1. The van der Waals surface area contributed by atoms with Crippen LogP contribution in [0.2, 0.25) is 0 Å². The van der Waals surface area contributed by atoms with Gasteiger partial charge in [0.15, 0.2) is 12.4 Å². The average Bonchev–Trinajstić information content (AvgIpc) is 3.33. The van der Waals surface area contributed by atoms with E-state index in [1.54, 1.807) is 21.1 Å². The molecular formula is C33H34FN3O7. The monoisotopic (exact) mass is 603 g/mol. The van der Waals surface area contributed by atoms with E-state index >= 15 is 4.39 Å². The molecule has 44 heavy (non-hydrogen) atoms. The predicted octanol–water partition coefficient (Wildman–Crippen LogP) is 4.21. The topological polar surface area (TPSA) is 121 Å². The fourth-order valence-electron chi connectivity index (χ4n) is 5.50. The van der Waals surface area contributed by atoms with Crippen molar-refractivity contribution < 1.29 is 33.2 Å². The van der Waals surface area contributed by atoms with Crippen LogP contribution in [0.25, 0.3) is 0 Å². The highest BCUT2D eigenvalue weighted by Crippen LogP contribution is 2.44. The molecule has 0 unspecified atom stereocenters. The minimum Gasteiger partial charge on any atom is -0.497 e. The van der Waals surface area contributed by atoms with Gasteiger partial charge in [0.25, 0.3) is 0 Å². The first kappa shape index (κ1) is 30.9. The lowest BCUT2D eigenvalue weighted by Gasteiger charge is -2.40. The molecule has 230 valence electrons. The summed E-state index contributed by atoms with van der Waals surface area (Å²) in [6, 6.07) is 25.7. The molecule has 5 rings (SSSR count). The molecule has 10 nitrogen and oxygen atoms in total. The van der Waals surface area contributed by atoms with Gasteiger partial charge in [-0.1, -0.05) is 54.6 Å². The quantitative estimate of drug-likeness (QED) is 0.259. The lowest BCUT2D eigenvalue weighted by Crippen LogP contribution is -2.44. The van der Waals surface area contributed by atoms with Crippen molar-refractivity contribution in [2.75, 3.05) is 19.5 Å². The van der Waals surface area contributed by atoms with Gasteiger partial charge in [0.2, 0.25) is 5.91 Å². The van der Waals surface area contributed by atoms with E-state index in [4.69, 9.17) is 18.9 Å². The van der Waals surface area contributed by atoms with Gasteiger partial charge in [0.1, 0.15) is 35.1 Å². The van der Waals surface area contributed by atoms with E-state index in [9.17, 15) is 14.7 Å². The van der Waals surface area contributed by atoms with Crippen molar-refractivity contribution in [2.45, 2.75) is 50.2 Å². The second-order valence-electron chi connectivity index (χ2n) is 10.4. The third-order valence-electron chi connectivity index (χ3n) is 7.64. The minimum atomic E-state index is -1.97. The van der Waals surface area contributed by atoms with Gasteiger partial charge in [-0.3, -0.25) is 9.36 Å². The molecule has 0 spiro atoms. The molecule has 2 N–H and O–H groups in total. The van der Waals surface area contributed by atoms with Crippen molar-refractivity contribution in [3.63, 3.8) is 0 Å². The smallest absolute Gasteiger partial charge is 0.351 e. The van der Waals surface area contributed by atoms with E-state index in [2.05, 4.69) is 10.3 Å². The molecule has 4 aromatic rings. The van der Waals surface area contributed by atoms with Gasteiger partial charge in [-0.2, -0.15) is 4.98 Å². The van der Waals surface area contributed by atoms with E-state index in [-0.39, 0.29) is 5.82 Å². The van der Waals surface area contributed by atoms with E-state index in [0.717, 1.165) is 21.3 Å². The molecule has 0 bridgehead atoms. The van der Waals surface area contributed by atoms with E-state index in [0.29, 0.717) is 11.5 Å². The summed E-state index contributed by atoms with van der Waals surface area (Å²) in [5, 5.41) is 13.5. The Hall–Kier alpha value is -4.58. The maximum Gasteiger partial charge on any atom is 0.351 e. The molecule has 2 heterocycles. The van der Waals surface area contributed by atoms with Crippen LogP contribution < -0.4 is 20.5 Å². The Kier molecular flexibility index (Phi) is 9.09. The lowest BCUT2D eigenvalue weighted by molar-refractivity contribution is -0.137. The van der Waals surface area contributed by atoms with E-state index in [1.807, 2.05) is 78.9 Å². The Morgan fingerprint density at radius 2 is 1.50 bits per heavy atom. The fraction of sp³-hybridized carbons (Fsp3) is 0.303. The van der Waals surface area contributed by atoms with Crippen LogP contribution in [0.5, 0.6) is 11.5 Å². The van der Waals surface area contributed by atoms with Crippen LogP contribution in [0.4, 0.5) is 10.2 Å². The number of hydrogen-bond donors (Lipinski definition) is 2. The van der Waals surface area contributed by atoms with Crippen LogP contribution >= 0.6 is 0 Å². The first-order valence-electron chi connectivity index (χ1n) is 14.0. The number of aromatic nitrogens is 2. The van der Waals surface area contributed by atoms with E-state index < -0.39 is 47.9 Å². The molecule has 1 saturated heterocycles. The highest BCUT2D eigenvalue weighted by atomic mass is 19.1.